The number of aromatic nitrogens is 2. The van der Waals surface area contributed by atoms with Gasteiger partial charge in [0.15, 0.2) is 5.13 Å². The van der Waals surface area contributed by atoms with Gasteiger partial charge in [-0.3, -0.25) is 4.79 Å². The van der Waals surface area contributed by atoms with Crippen LogP contribution >= 0.6 is 34.5 Å². The molecule has 1 aliphatic rings. The van der Waals surface area contributed by atoms with Crippen molar-refractivity contribution in [3.8, 4) is 0 Å². The van der Waals surface area contributed by atoms with E-state index in [9.17, 15) is 9.90 Å². The lowest BCUT2D eigenvalue weighted by Gasteiger charge is -2.37. The van der Waals surface area contributed by atoms with Crippen LogP contribution in [0, 0.1) is 6.92 Å². The van der Waals surface area contributed by atoms with E-state index in [2.05, 4.69) is 20.2 Å². The second kappa shape index (κ2) is 8.20. The lowest BCUT2D eigenvalue weighted by Crippen LogP contribution is -2.55. The number of aryl methyl sites for hydroxylation is 1. The van der Waals surface area contributed by atoms with Gasteiger partial charge in [-0.05, 0) is 27.2 Å². The van der Waals surface area contributed by atoms with Crippen molar-refractivity contribution in [3.05, 3.63) is 32.5 Å². The highest BCUT2D eigenvalue weighted by molar-refractivity contribution is 7.15. The van der Waals surface area contributed by atoms with Gasteiger partial charge in [-0.25, -0.2) is 4.98 Å². The molecule has 1 saturated heterocycles. The van der Waals surface area contributed by atoms with Crippen molar-refractivity contribution >= 4 is 45.6 Å². The molecule has 3 N–H and O–H groups in total. The molecule has 154 valence electrons. The molecule has 0 radical (unpaired) electrons. The fourth-order valence-electron chi connectivity index (χ4n) is 3.16. The first-order valence-corrected chi connectivity index (χ1v) is 10.5. The molecular formula is C18H24Cl2N4O3S. The van der Waals surface area contributed by atoms with E-state index in [0.717, 1.165) is 10.0 Å². The van der Waals surface area contributed by atoms with Gasteiger partial charge in [0, 0.05) is 32.1 Å². The number of piperidine rings is 1. The van der Waals surface area contributed by atoms with Crippen molar-refractivity contribution < 1.29 is 14.6 Å². The summed E-state index contributed by atoms with van der Waals surface area (Å²) < 4.78 is 5.63. The molecular weight excluding hydrogens is 423 g/mol. The van der Waals surface area contributed by atoms with E-state index < -0.39 is 5.60 Å². The van der Waals surface area contributed by atoms with E-state index in [4.69, 9.17) is 27.9 Å². The molecule has 2 aromatic heterocycles. The number of nitrogens with one attached hydrogen (secondary N) is 2. The van der Waals surface area contributed by atoms with Crippen molar-refractivity contribution in [1.82, 2.24) is 15.3 Å². The third-order valence-corrected chi connectivity index (χ3v) is 7.14. The van der Waals surface area contributed by atoms with Gasteiger partial charge in [-0.15, -0.1) is 0 Å². The van der Waals surface area contributed by atoms with Crippen molar-refractivity contribution in [2.45, 2.75) is 44.9 Å². The highest BCUT2D eigenvalue weighted by Gasteiger charge is 2.33. The van der Waals surface area contributed by atoms with E-state index in [1.54, 1.807) is 34.1 Å². The Morgan fingerprint density at radius 2 is 2.18 bits per heavy atom. The van der Waals surface area contributed by atoms with E-state index in [1.807, 2.05) is 0 Å². The number of methoxy groups -OCH3 is 1. The lowest BCUT2D eigenvalue weighted by atomic mass is 10.0. The summed E-state index contributed by atoms with van der Waals surface area (Å²) in [7, 11) is 1.63. The fourth-order valence-corrected chi connectivity index (χ4v) is 4.53. The number of ether oxygens (including phenoxy) is 1. The number of halogens is 2. The SMILES string of the molecule is CO[C@H]1CN(c2ncc(C(C)(C)O)s2)CC[C@H]1NC(=O)c1[nH]c(C)c(Cl)c1Cl. The zero-order valence-corrected chi connectivity index (χ0v) is 18.5. The number of carbonyl (C=O) groups is 1. The summed E-state index contributed by atoms with van der Waals surface area (Å²) >= 11 is 13.7. The zero-order valence-electron chi connectivity index (χ0n) is 16.2. The van der Waals surface area contributed by atoms with E-state index in [0.29, 0.717) is 30.2 Å². The number of nitrogens with zero attached hydrogens (tertiary/aromatic N) is 2. The van der Waals surface area contributed by atoms with Crippen molar-refractivity contribution in [1.29, 1.82) is 0 Å². The van der Waals surface area contributed by atoms with E-state index in [-0.39, 0.29) is 28.8 Å². The molecule has 0 bridgehead atoms. The summed E-state index contributed by atoms with van der Waals surface area (Å²) in [5, 5.41) is 14.6. The molecule has 10 heteroatoms. The van der Waals surface area contributed by atoms with Gasteiger partial charge >= 0.3 is 0 Å². The van der Waals surface area contributed by atoms with Crippen LogP contribution in [0.25, 0.3) is 0 Å². The molecule has 2 atom stereocenters. The number of hydrogen-bond acceptors (Lipinski definition) is 6. The molecule has 28 heavy (non-hydrogen) atoms. The summed E-state index contributed by atoms with van der Waals surface area (Å²) in [6.45, 7) is 6.53. The molecule has 2 aromatic rings. The number of thiazole rings is 1. The summed E-state index contributed by atoms with van der Waals surface area (Å²) in [6, 6.07) is -0.166. The second-order valence-electron chi connectivity index (χ2n) is 7.41. The van der Waals surface area contributed by atoms with E-state index in [1.165, 1.54) is 11.3 Å². The molecule has 0 aliphatic carbocycles. The number of anilines is 1. The van der Waals surface area contributed by atoms with Crippen LogP contribution in [-0.2, 0) is 10.3 Å². The van der Waals surface area contributed by atoms with Crippen LogP contribution < -0.4 is 10.2 Å². The summed E-state index contributed by atoms with van der Waals surface area (Å²) in [4.78, 5) is 22.9. The van der Waals surface area contributed by atoms with E-state index >= 15 is 0 Å². The van der Waals surface area contributed by atoms with Crippen LogP contribution in [0.4, 0.5) is 5.13 Å². The van der Waals surface area contributed by atoms with Gasteiger partial charge in [0.05, 0.1) is 32.7 Å². The Labute approximate surface area is 178 Å². The van der Waals surface area contributed by atoms with Crippen molar-refractivity contribution in [3.63, 3.8) is 0 Å². The Hall–Kier alpha value is -1.32. The maximum absolute atomic E-state index is 12.6. The highest BCUT2D eigenvalue weighted by Crippen LogP contribution is 2.33. The molecule has 0 unspecified atom stereocenters. The molecule has 1 aliphatic heterocycles. The average Bonchev–Trinajstić information content (AvgIpc) is 3.23. The van der Waals surface area contributed by atoms with Gasteiger partial charge in [-0.1, -0.05) is 34.5 Å². The fraction of sp³-hybridized carbons (Fsp3) is 0.556. The van der Waals surface area contributed by atoms with Crippen LogP contribution in [0.2, 0.25) is 10.0 Å². The maximum Gasteiger partial charge on any atom is 0.269 e. The summed E-state index contributed by atoms with van der Waals surface area (Å²) in [5.41, 5.74) is -0.00471. The number of carbonyl (C=O) groups excluding carboxylic acids is 1. The molecule has 1 fully saturated rings. The Morgan fingerprint density at radius 1 is 1.46 bits per heavy atom. The minimum Gasteiger partial charge on any atom is -0.385 e. The van der Waals surface area contributed by atoms with Crippen molar-refractivity contribution in [2.75, 3.05) is 25.1 Å². The minimum absolute atomic E-state index is 0.166. The smallest absolute Gasteiger partial charge is 0.269 e. The quantitative estimate of drug-likeness (QED) is 0.654. The predicted octanol–water partition coefficient (Wildman–Crippen LogP) is 3.34. The standard InChI is InChI=1S/C18H24Cl2N4O3S/c1-9-13(19)14(20)15(22-9)16(25)23-10-5-6-24(8-11(10)27-4)17-21-7-12(28-17)18(2,3)26/h7,10-11,22,26H,5-6,8H2,1-4H3,(H,23,25)/t10-,11+/m1/s1. The Balaban J connectivity index is 1.68. The molecule has 3 rings (SSSR count). The van der Waals surface area contributed by atoms with Gasteiger partial charge < -0.3 is 25.0 Å². The Kier molecular flexibility index (Phi) is 6.26. The number of amides is 1. The summed E-state index contributed by atoms with van der Waals surface area (Å²) in [6.07, 6.45) is 2.18. The zero-order chi connectivity index (χ0) is 20.6. The first-order valence-electron chi connectivity index (χ1n) is 8.92. The van der Waals surface area contributed by atoms with Crippen LogP contribution in [0.15, 0.2) is 6.20 Å². The van der Waals surface area contributed by atoms with Gasteiger partial charge in [0.1, 0.15) is 5.69 Å². The average molecular weight is 447 g/mol. The van der Waals surface area contributed by atoms with Crippen LogP contribution in [0.3, 0.4) is 0 Å². The predicted molar refractivity (Wildman–Crippen MR) is 112 cm³/mol. The molecule has 7 nitrogen and oxygen atoms in total. The first-order chi connectivity index (χ1) is 13.1. The maximum atomic E-state index is 12.6. The lowest BCUT2D eigenvalue weighted by molar-refractivity contribution is 0.0540. The topological polar surface area (TPSA) is 90.5 Å². The molecule has 3 heterocycles. The number of rotatable bonds is 5. The number of aromatic amines is 1. The Bertz CT molecular complexity index is 862. The van der Waals surface area contributed by atoms with Crippen LogP contribution in [0.1, 0.15) is 41.3 Å². The number of H-pyrrole nitrogens is 1. The van der Waals surface area contributed by atoms with Crippen LogP contribution in [0.5, 0.6) is 0 Å². The third-order valence-electron chi connectivity index (χ3n) is 4.83. The molecule has 0 spiro atoms. The van der Waals surface area contributed by atoms with Crippen molar-refractivity contribution in [2.24, 2.45) is 0 Å². The molecule has 1 amide bonds. The largest absolute Gasteiger partial charge is 0.385 e. The second-order valence-corrected chi connectivity index (χ2v) is 9.17. The van der Waals surface area contributed by atoms with Gasteiger partial charge in [0.2, 0.25) is 0 Å². The molecule has 0 saturated carbocycles. The third kappa shape index (κ3) is 4.31. The summed E-state index contributed by atoms with van der Waals surface area (Å²) in [5.74, 6) is -0.306. The normalized spacial score (nSPS) is 20.5. The Morgan fingerprint density at radius 3 is 2.71 bits per heavy atom. The molecule has 0 aromatic carbocycles. The minimum atomic E-state index is -0.919. The monoisotopic (exact) mass is 446 g/mol. The number of hydrogen-bond donors (Lipinski definition) is 3. The highest BCUT2D eigenvalue weighted by atomic mass is 35.5. The van der Waals surface area contributed by atoms with Gasteiger partial charge in [-0.2, -0.15) is 0 Å². The number of aliphatic hydroxyl groups is 1. The van der Waals surface area contributed by atoms with Gasteiger partial charge in [0.25, 0.3) is 5.91 Å². The van der Waals surface area contributed by atoms with Crippen LogP contribution in [-0.4, -0.2) is 53.3 Å². The first kappa shape index (κ1) is 21.4.